The summed E-state index contributed by atoms with van der Waals surface area (Å²) >= 11 is 0. The van der Waals surface area contributed by atoms with E-state index in [0.29, 0.717) is 17.1 Å². The molecule has 0 unspecified atom stereocenters. The Balaban J connectivity index is 0.000000561. The molecule has 2 heterocycles. The smallest absolute Gasteiger partial charge is 0.407 e. The Labute approximate surface area is 220 Å². The summed E-state index contributed by atoms with van der Waals surface area (Å²) in [6.45, 7) is 9.20. The van der Waals surface area contributed by atoms with Crippen molar-refractivity contribution in [2.75, 3.05) is 0 Å². The molecule has 0 radical (unpaired) electrons. The highest BCUT2D eigenvalue weighted by molar-refractivity contribution is 5.69. The Morgan fingerprint density at radius 2 is 1.95 bits per heavy atom. The second kappa shape index (κ2) is 12.9. The lowest BCUT2D eigenvalue weighted by Crippen LogP contribution is -2.37. The fourth-order valence-electron chi connectivity index (χ4n) is 4.51. The van der Waals surface area contributed by atoms with Gasteiger partial charge in [0.2, 0.25) is 0 Å². The van der Waals surface area contributed by atoms with Crippen LogP contribution in [0.4, 0.5) is 4.79 Å². The third-order valence-corrected chi connectivity index (χ3v) is 6.51. The molecule has 206 valence electrons. The molecule has 10 heteroatoms. The molecule has 4 rings (SSSR count). The van der Waals surface area contributed by atoms with Crippen molar-refractivity contribution >= 4 is 12.1 Å². The fourth-order valence-corrected chi connectivity index (χ4v) is 4.51. The van der Waals surface area contributed by atoms with E-state index in [4.69, 9.17) is 9.47 Å². The van der Waals surface area contributed by atoms with Gasteiger partial charge < -0.3 is 19.5 Å². The van der Waals surface area contributed by atoms with E-state index in [9.17, 15) is 9.59 Å². The van der Waals surface area contributed by atoms with Crippen LogP contribution in [0.25, 0.3) is 11.4 Å². The Hall–Kier alpha value is -3.17. The average molecular weight is 518 g/mol. The second-order valence-corrected chi connectivity index (χ2v) is 10.2. The maximum absolute atomic E-state index is 12.3. The number of hydrogen-bond donors (Lipinski definition) is 1. The van der Waals surface area contributed by atoms with E-state index in [2.05, 4.69) is 32.3 Å². The molecule has 1 N–H and O–H groups in total. The minimum absolute atomic E-state index is 0. The zero-order chi connectivity index (χ0) is 27.0. The summed E-state index contributed by atoms with van der Waals surface area (Å²) < 4.78 is 17.8. The van der Waals surface area contributed by atoms with Crippen LogP contribution in [-0.2, 0) is 27.9 Å². The molecule has 0 bridgehead atoms. The third kappa shape index (κ3) is 8.43. The molecular weight excluding hydrogens is 474 g/mol. The molecule has 2 saturated carbocycles. The summed E-state index contributed by atoms with van der Waals surface area (Å²) in [4.78, 5) is 27.0. The average Bonchev–Trinajstić information content (AvgIpc) is 3.20. The lowest BCUT2D eigenvalue weighted by molar-refractivity contribution is -0.144. The van der Waals surface area contributed by atoms with Crippen molar-refractivity contribution in [3.05, 3.63) is 23.5 Å². The number of esters is 1. The van der Waals surface area contributed by atoms with Crippen molar-refractivity contribution in [1.29, 1.82) is 0 Å². The van der Waals surface area contributed by atoms with E-state index in [1.165, 1.54) is 19.8 Å². The van der Waals surface area contributed by atoms with Gasteiger partial charge in [0.25, 0.3) is 0 Å². The van der Waals surface area contributed by atoms with Gasteiger partial charge in [-0.1, -0.05) is 18.6 Å². The summed E-state index contributed by atoms with van der Waals surface area (Å²) in [6, 6.07) is 3.84. The third-order valence-electron chi connectivity index (χ3n) is 6.51. The van der Waals surface area contributed by atoms with E-state index in [1.807, 2.05) is 32.9 Å². The zero-order valence-corrected chi connectivity index (χ0v) is 23.0. The summed E-state index contributed by atoms with van der Waals surface area (Å²) in [6.07, 6.45) is 8.66. The Morgan fingerprint density at radius 1 is 1.24 bits per heavy atom. The van der Waals surface area contributed by atoms with Gasteiger partial charge in [-0.25, -0.2) is 14.5 Å². The number of ether oxygens (including phenoxy) is 3. The quantitative estimate of drug-likeness (QED) is 0.447. The number of carbonyl (C=O) groups is 2. The topological polar surface area (TPSA) is 117 Å². The van der Waals surface area contributed by atoms with Gasteiger partial charge in [0.05, 0.1) is 23.6 Å². The van der Waals surface area contributed by atoms with Gasteiger partial charge in [0.15, 0.2) is 0 Å². The molecule has 2 aliphatic rings. The van der Waals surface area contributed by atoms with Crippen LogP contribution >= 0.6 is 0 Å². The normalized spacial score (nSPS) is 16.1. The van der Waals surface area contributed by atoms with E-state index >= 15 is 0 Å². The monoisotopic (exact) mass is 517 g/mol. The lowest BCUT2D eigenvalue weighted by atomic mass is 10.1. The minimum atomic E-state index is -0.391. The molecule has 2 aliphatic carbocycles. The molecular formula is C27H43N5O5. The van der Waals surface area contributed by atoms with Crippen molar-refractivity contribution < 1.29 is 25.2 Å². The van der Waals surface area contributed by atoms with Crippen LogP contribution in [0.3, 0.4) is 0 Å². The predicted octanol–water partition coefficient (Wildman–Crippen LogP) is 5.27. The molecule has 0 aliphatic heterocycles. The summed E-state index contributed by atoms with van der Waals surface area (Å²) in [5.41, 5.74) is 2.79. The maximum atomic E-state index is 12.3. The number of nitrogens with one attached hydrogen (secondary N) is 1. The van der Waals surface area contributed by atoms with Crippen LogP contribution in [0, 0.1) is 6.92 Å². The molecule has 0 aromatic carbocycles. The Morgan fingerprint density at radius 3 is 2.49 bits per heavy atom. The van der Waals surface area contributed by atoms with Crippen molar-refractivity contribution in [2.45, 2.75) is 110 Å². The van der Waals surface area contributed by atoms with Gasteiger partial charge in [0, 0.05) is 20.9 Å². The molecule has 2 fully saturated rings. The first kappa shape index (κ1) is 28.4. The number of alkyl carbamates (subject to hydrolysis) is 1. The lowest BCUT2D eigenvalue weighted by Gasteiger charge is -2.16. The van der Waals surface area contributed by atoms with Gasteiger partial charge in [-0.15, -0.1) is 5.10 Å². The first-order valence-electron chi connectivity index (χ1n) is 13.3. The van der Waals surface area contributed by atoms with Crippen LogP contribution in [0.1, 0.15) is 91.9 Å². The summed E-state index contributed by atoms with van der Waals surface area (Å²) in [5.74, 6) is 0.604. The van der Waals surface area contributed by atoms with Crippen molar-refractivity contribution in [3.8, 4) is 17.1 Å². The van der Waals surface area contributed by atoms with Crippen molar-refractivity contribution in [2.24, 2.45) is 7.05 Å². The standard InChI is InChI=1S/C22H31N5O3.C5H10O2.H2/c1-4-11-22(12-13-22)24-21(28)29-14-18-20(25-26-27(18)3)17-9-10-19(15(2)23-17)30-16-7-5-6-8-16;1-4(2)7-5(3)6;/h9-10,16H,4-8,11-14H2,1-3H3,(H,24,28);4H,1-3H3;1H. The van der Waals surface area contributed by atoms with Crippen LogP contribution < -0.4 is 10.1 Å². The number of nitrogens with zero attached hydrogens (tertiary/aromatic N) is 4. The van der Waals surface area contributed by atoms with Gasteiger partial charge in [-0.2, -0.15) is 0 Å². The van der Waals surface area contributed by atoms with Gasteiger partial charge in [-0.3, -0.25) is 4.79 Å². The van der Waals surface area contributed by atoms with Crippen LogP contribution in [-0.4, -0.2) is 49.8 Å². The molecule has 10 nitrogen and oxygen atoms in total. The molecule has 0 saturated heterocycles. The molecule has 0 spiro atoms. The zero-order valence-electron chi connectivity index (χ0n) is 23.0. The number of amides is 1. The number of carbonyl (C=O) groups excluding carboxylic acids is 2. The number of rotatable bonds is 9. The Kier molecular flexibility index (Phi) is 9.88. The number of pyridine rings is 1. The van der Waals surface area contributed by atoms with Crippen LogP contribution in [0.15, 0.2) is 12.1 Å². The SMILES string of the molecule is CC(=O)OC(C)C.CCCC1(NC(=O)OCc2c(-c3ccc(OC4CCCC4)c(C)n3)nnn2C)CC1.[HH]. The molecule has 0 atom stereocenters. The van der Waals surface area contributed by atoms with Gasteiger partial charge in [0.1, 0.15) is 23.7 Å². The highest BCUT2D eigenvalue weighted by Crippen LogP contribution is 2.39. The van der Waals surface area contributed by atoms with E-state index in [0.717, 1.165) is 50.0 Å². The number of hydrogen-bond acceptors (Lipinski definition) is 8. The fraction of sp³-hybridized carbons (Fsp3) is 0.667. The first-order valence-corrected chi connectivity index (χ1v) is 13.3. The summed E-state index contributed by atoms with van der Waals surface area (Å²) in [7, 11) is 1.79. The second-order valence-electron chi connectivity index (χ2n) is 10.2. The van der Waals surface area contributed by atoms with E-state index in [1.54, 1.807) is 11.7 Å². The van der Waals surface area contributed by atoms with E-state index < -0.39 is 6.09 Å². The molecule has 2 aromatic heterocycles. The van der Waals surface area contributed by atoms with Crippen LogP contribution in [0.2, 0.25) is 0 Å². The number of aromatic nitrogens is 4. The molecule has 37 heavy (non-hydrogen) atoms. The number of aryl methyl sites for hydroxylation is 2. The molecule has 1 amide bonds. The highest BCUT2D eigenvalue weighted by Gasteiger charge is 2.43. The summed E-state index contributed by atoms with van der Waals surface area (Å²) in [5, 5.41) is 11.4. The van der Waals surface area contributed by atoms with Gasteiger partial charge >= 0.3 is 12.1 Å². The Bertz CT molecular complexity index is 1060. The van der Waals surface area contributed by atoms with Gasteiger partial charge in [-0.05, 0) is 77.8 Å². The minimum Gasteiger partial charge on any atom is -0.489 e. The predicted molar refractivity (Wildman–Crippen MR) is 141 cm³/mol. The van der Waals surface area contributed by atoms with E-state index in [-0.39, 0.29) is 31.7 Å². The largest absolute Gasteiger partial charge is 0.489 e. The first-order chi connectivity index (χ1) is 17.6. The van der Waals surface area contributed by atoms with Crippen LogP contribution in [0.5, 0.6) is 5.75 Å². The highest BCUT2D eigenvalue weighted by atomic mass is 16.6. The maximum Gasteiger partial charge on any atom is 0.407 e. The van der Waals surface area contributed by atoms with Crippen molar-refractivity contribution in [3.63, 3.8) is 0 Å². The molecule has 2 aromatic rings. The van der Waals surface area contributed by atoms with Crippen molar-refractivity contribution in [1.82, 2.24) is 25.3 Å².